The van der Waals surface area contributed by atoms with E-state index < -0.39 is 0 Å². The Kier molecular flexibility index (Phi) is 9.75. The van der Waals surface area contributed by atoms with Crippen LogP contribution in [-0.2, 0) is 29.6 Å². The van der Waals surface area contributed by atoms with Crippen molar-refractivity contribution in [1.82, 2.24) is 19.6 Å². The molecule has 2 heterocycles. The summed E-state index contributed by atoms with van der Waals surface area (Å²) < 4.78 is 1.76. The number of aromatic nitrogens is 2. The number of amides is 2. The van der Waals surface area contributed by atoms with E-state index in [0.29, 0.717) is 50.0 Å². The van der Waals surface area contributed by atoms with Crippen LogP contribution in [0.3, 0.4) is 0 Å². The number of carbonyl (C=O) groups excluding carboxylic acids is 2. The minimum absolute atomic E-state index is 0.105. The molecule has 1 aromatic heterocycles. The Morgan fingerprint density at radius 1 is 1.06 bits per heavy atom. The van der Waals surface area contributed by atoms with Crippen LogP contribution in [0.4, 0.5) is 5.69 Å². The molecule has 7 nitrogen and oxygen atoms in total. The van der Waals surface area contributed by atoms with Crippen molar-refractivity contribution in [3.05, 3.63) is 46.7 Å². The quantitative estimate of drug-likeness (QED) is 0.583. The second-order valence-electron chi connectivity index (χ2n) is 10.2. The Morgan fingerprint density at radius 2 is 1.83 bits per heavy atom. The van der Waals surface area contributed by atoms with Gasteiger partial charge in [-0.05, 0) is 55.9 Å². The Labute approximate surface area is 215 Å². The third-order valence-electron chi connectivity index (χ3n) is 6.54. The first-order chi connectivity index (χ1) is 16.6. The predicted molar refractivity (Wildman–Crippen MR) is 142 cm³/mol. The van der Waals surface area contributed by atoms with Crippen molar-refractivity contribution in [2.24, 2.45) is 13.0 Å². The summed E-state index contributed by atoms with van der Waals surface area (Å²) in [6.07, 6.45) is 6.19. The van der Waals surface area contributed by atoms with E-state index in [1.807, 2.05) is 47.4 Å². The van der Waals surface area contributed by atoms with Crippen LogP contribution in [-0.4, -0.2) is 63.6 Å². The standard InChI is InChI=1S/C27H40ClN5O2/c1-20(2)15-27(35)33-12-6-11-31(21(3)4)13-14-32(19-23-8-9-24(28)16-25(23)33)26(34)10-7-22-17-29-30(5)18-22/h8-9,16-18,20-21H,6-7,10-15,19H2,1-5H3. The Hall–Kier alpha value is -2.38. The fraction of sp³-hybridized carbons (Fsp3) is 0.593. The minimum atomic E-state index is 0.105. The summed E-state index contributed by atoms with van der Waals surface area (Å²) in [6, 6.07) is 6.06. The Balaban J connectivity index is 1.91. The van der Waals surface area contributed by atoms with Gasteiger partial charge in [-0.2, -0.15) is 5.10 Å². The summed E-state index contributed by atoms with van der Waals surface area (Å²) in [5.74, 6) is 0.479. The summed E-state index contributed by atoms with van der Waals surface area (Å²) in [7, 11) is 1.88. The number of fused-ring (bicyclic) bond motifs is 1. The molecule has 192 valence electrons. The SMILES string of the molecule is CC(C)CC(=O)N1CCCN(C(C)C)CCN(C(=O)CCc2cnn(C)c2)Cc2ccc(Cl)cc21. The Morgan fingerprint density at radius 3 is 2.49 bits per heavy atom. The lowest BCUT2D eigenvalue weighted by Gasteiger charge is -2.30. The van der Waals surface area contributed by atoms with Crippen LogP contribution in [0.15, 0.2) is 30.6 Å². The minimum Gasteiger partial charge on any atom is -0.337 e. The normalized spacial score (nSPS) is 15.9. The van der Waals surface area contributed by atoms with Crippen molar-refractivity contribution in [2.75, 3.05) is 31.1 Å². The molecular weight excluding hydrogens is 462 g/mol. The smallest absolute Gasteiger partial charge is 0.227 e. The third kappa shape index (κ3) is 7.80. The number of benzene rings is 1. The zero-order valence-electron chi connectivity index (χ0n) is 21.8. The second kappa shape index (κ2) is 12.5. The summed E-state index contributed by atoms with van der Waals surface area (Å²) in [5, 5.41) is 4.81. The number of rotatable bonds is 6. The molecule has 0 saturated carbocycles. The first-order valence-electron chi connectivity index (χ1n) is 12.7. The number of anilines is 1. The number of hydrogen-bond acceptors (Lipinski definition) is 4. The predicted octanol–water partition coefficient (Wildman–Crippen LogP) is 4.53. The highest BCUT2D eigenvalue weighted by atomic mass is 35.5. The van der Waals surface area contributed by atoms with Gasteiger partial charge in [0.1, 0.15) is 0 Å². The first-order valence-corrected chi connectivity index (χ1v) is 13.1. The molecule has 0 unspecified atom stereocenters. The van der Waals surface area contributed by atoms with Gasteiger partial charge in [0.25, 0.3) is 0 Å². The molecule has 0 bridgehead atoms. The molecule has 0 spiro atoms. The van der Waals surface area contributed by atoms with Crippen LogP contribution < -0.4 is 4.90 Å². The van der Waals surface area contributed by atoms with E-state index in [-0.39, 0.29) is 17.7 Å². The molecule has 1 aliphatic rings. The average molecular weight is 502 g/mol. The molecule has 35 heavy (non-hydrogen) atoms. The molecule has 1 aromatic carbocycles. The molecule has 0 saturated heterocycles. The van der Waals surface area contributed by atoms with Gasteiger partial charge in [-0.3, -0.25) is 19.2 Å². The first kappa shape index (κ1) is 27.2. The van der Waals surface area contributed by atoms with Gasteiger partial charge in [0, 0.05) is 69.9 Å². The van der Waals surface area contributed by atoms with Crippen molar-refractivity contribution in [3.8, 4) is 0 Å². The highest BCUT2D eigenvalue weighted by Crippen LogP contribution is 2.29. The maximum atomic E-state index is 13.4. The highest BCUT2D eigenvalue weighted by molar-refractivity contribution is 6.31. The fourth-order valence-electron chi connectivity index (χ4n) is 4.58. The third-order valence-corrected chi connectivity index (χ3v) is 6.77. The zero-order chi connectivity index (χ0) is 25.5. The van der Waals surface area contributed by atoms with Gasteiger partial charge < -0.3 is 9.80 Å². The van der Waals surface area contributed by atoms with Crippen LogP contribution in [0.5, 0.6) is 0 Å². The molecule has 0 fully saturated rings. The summed E-state index contributed by atoms with van der Waals surface area (Å²) in [5.41, 5.74) is 2.84. The van der Waals surface area contributed by atoms with Gasteiger partial charge in [-0.15, -0.1) is 0 Å². The van der Waals surface area contributed by atoms with E-state index in [9.17, 15) is 9.59 Å². The highest BCUT2D eigenvalue weighted by Gasteiger charge is 2.25. The Bertz CT molecular complexity index is 1000. The summed E-state index contributed by atoms with van der Waals surface area (Å²) in [4.78, 5) is 32.9. The van der Waals surface area contributed by atoms with Crippen LogP contribution >= 0.6 is 11.6 Å². The number of aryl methyl sites for hydroxylation is 2. The molecule has 2 aromatic rings. The van der Waals surface area contributed by atoms with E-state index in [2.05, 4.69) is 37.7 Å². The van der Waals surface area contributed by atoms with Crippen molar-refractivity contribution in [2.45, 2.75) is 66.0 Å². The van der Waals surface area contributed by atoms with Crippen molar-refractivity contribution in [3.63, 3.8) is 0 Å². The van der Waals surface area contributed by atoms with E-state index in [1.165, 1.54) is 0 Å². The number of hydrogen-bond donors (Lipinski definition) is 0. The van der Waals surface area contributed by atoms with Crippen LogP contribution in [0, 0.1) is 5.92 Å². The molecule has 0 atom stereocenters. The van der Waals surface area contributed by atoms with Gasteiger partial charge in [0.15, 0.2) is 0 Å². The fourth-order valence-corrected chi connectivity index (χ4v) is 4.74. The molecule has 0 radical (unpaired) electrons. The molecule has 3 rings (SSSR count). The van der Waals surface area contributed by atoms with Crippen LogP contribution in [0.1, 0.15) is 58.1 Å². The average Bonchev–Trinajstić information content (AvgIpc) is 3.19. The molecule has 8 heteroatoms. The maximum Gasteiger partial charge on any atom is 0.227 e. The van der Waals surface area contributed by atoms with Crippen molar-refractivity contribution in [1.29, 1.82) is 0 Å². The summed E-state index contributed by atoms with van der Waals surface area (Å²) in [6.45, 7) is 11.9. The van der Waals surface area contributed by atoms with E-state index in [0.717, 1.165) is 36.3 Å². The largest absolute Gasteiger partial charge is 0.337 e. The maximum absolute atomic E-state index is 13.4. The number of nitrogens with zero attached hydrogens (tertiary/aromatic N) is 5. The van der Waals surface area contributed by atoms with Gasteiger partial charge >= 0.3 is 0 Å². The zero-order valence-corrected chi connectivity index (χ0v) is 22.6. The van der Waals surface area contributed by atoms with Gasteiger partial charge in [-0.25, -0.2) is 0 Å². The number of carbonyl (C=O) groups is 2. The second-order valence-corrected chi connectivity index (χ2v) is 10.7. The van der Waals surface area contributed by atoms with E-state index >= 15 is 0 Å². The van der Waals surface area contributed by atoms with Gasteiger partial charge in [0.2, 0.25) is 11.8 Å². The lowest BCUT2D eigenvalue weighted by atomic mass is 10.1. The monoisotopic (exact) mass is 501 g/mol. The molecule has 0 aliphatic carbocycles. The molecular formula is C27H40ClN5O2. The number of halogens is 1. The van der Waals surface area contributed by atoms with Gasteiger partial charge in [0.05, 0.1) is 11.9 Å². The lowest BCUT2D eigenvalue weighted by molar-refractivity contribution is -0.132. The van der Waals surface area contributed by atoms with E-state index in [4.69, 9.17) is 11.6 Å². The molecule has 2 amide bonds. The molecule has 1 aliphatic heterocycles. The van der Waals surface area contributed by atoms with E-state index in [1.54, 1.807) is 4.68 Å². The lowest BCUT2D eigenvalue weighted by Crippen LogP contribution is -2.41. The molecule has 0 N–H and O–H groups in total. The van der Waals surface area contributed by atoms with Crippen molar-refractivity contribution >= 4 is 29.1 Å². The van der Waals surface area contributed by atoms with Crippen LogP contribution in [0.25, 0.3) is 0 Å². The van der Waals surface area contributed by atoms with Crippen LogP contribution in [0.2, 0.25) is 5.02 Å². The van der Waals surface area contributed by atoms with Gasteiger partial charge in [-0.1, -0.05) is 31.5 Å². The summed E-state index contributed by atoms with van der Waals surface area (Å²) >= 11 is 6.40. The van der Waals surface area contributed by atoms with Crippen molar-refractivity contribution < 1.29 is 9.59 Å². The topological polar surface area (TPSA) is 61.7 Å².